The van der Waals surface area contributed by atoms with Gasteiger partial charge in [-0.15, -0.1) is 0 Å². The maximum absolute atomic E-state index is 5.22. The summed E-state index contributed by atoms with van der Waals surface area (Å²) < 4.78 is 5.22. The van der Waals surface area contributed by atoms with Crippen molar-refractivity contribution in [1.82, 2.24) is 5.32 Å². The highest BCUT2D eigenvalue weighted by Crippen LogP contribution is 2.21. The topological polar surface area (TPSA) is 24.6 Å². The highest BCUT2D eigenvalue weighted by Gasteiger charge is 2.38. The molecule has 1 saturated heterocycles. The molecule has 0 radical (unpaired) electrons. The minimum absolute atomic E-state index is 0.0191. The van der Waals surface area contributed by atoms with Gasteiger partial charge in [-0.2, -0.15) is 0 Å². The van der Waals surface area contributed by atoms with Crippen LogP contribution in [0.4, 0.5) is 0 Å². The van der Waals surface area contributed by atoms with E-state index in [1.54, 1.807) is 0 Å². The molecule has 1 heterocycles. The van der Waals surface area contributed by atoms with Crippen LogP contribution in [0.3, 0.4) is 0 Å². The Hall–Kier alpha value is -0.860. The summed E-state index contributed by atoms with van der Waals surface area (Å²) in [5.41, 5.74) is 1.36. The second-order valence-electron chi connectivity index (χ2n) is 3.68. The molecule has 1 unspecified atom stereocenters. The van der Waals surface area contributed by atoms with Gasteiger partial charge in [-0.1, -0.05) is 30.3 Å². The summed E-state index contributed by atoms with van der Waals surface area (Å²) in [6.45, 7) is 3.92. The molecule has 2 heteroatoms. The molecule has 1 N–H and O–H groups in total. The lowest BCUT2D eigenvalue weighted by Gasteiger charge is -2.07. The predicted molar refractivity (Wildman–Crippen MR) is 52.5 cm³/mol. The minimum atomic E-state index is -0.0191. The maximum atomic E-state index is 5.22. The van der Waals surface area contributed by atoms with Crippen LogP contribution in [-0.4, -0.2) is 18.9 Å². The largest absolute Gasteiger partial charge is 0.354 e. The van der Waals surface area contributed by atoms with Gasteiger partial charge in [0.25, 0.3) is 0 Å². The van der Waals surface area contributed by atoms with Crippen molar-refractivity contribution in [3.63, 3.8) is 0 Å². The molecule has 70 valence electrons. The van der Waals surface area contributed by atoms with E-state index >= 15 is 0 Å². The van der Waals surface area contributed by atoms with Crippen LogP contribution in [0, 0.1) is 0 Å². The van der Waals surface area contributed by atoms with Gasteiger partial charge in [0.05, 0.1) is 6.61 Å². The molecular formula is C11H15NO. The van der Waals surface area contributed by atoms with E-state index in [1.165, 1.54) is 5.56 Å². The second kappa shape index (κ2) is 3.48. The summed E-state index contributed by atoms with van der Waals surface area (Å²) in [4.78, 5) is 0. The lowest BCUT2D eigenvalue weighted by molar-refractivity contribution is 0.277. The van der Waals surface area contributed by atoms with Gasteiger partial charge in [-0.3, -0.25) is 5.32 Å². The van der Waals surface area contributed by atoms with E-state index in [0.717, 1.165) is 19.6 Å². The second-order valence-corrected chi connectivity index (χ2v) is 3.68. The fourth-order valence-corrected chi connectivity index (χ4v) is 1.33. The van der Waals surface area contributed by atoms with Crippen LogP contribution in [-0.2, 0) is 11.2 Å². The molecule has 1 aliphatic rings. The fourth-order valence-electron chi connectivity index (χ4n) is 1.33. The van der Waals surface area contributed by atoms with Crippen molar-refractivity contribution in [3.05, 3.63) is 35.9 Å². The number of nitrogens with one attached hydrogen (secondary N) is 1. The lowest BCUT2D eigenvalue weighted by Crippen LogP contribution is -2.31. The van der Waals surface area contributed by atoms with Crippen LogP contribution in [0.25, 0.3) is 0 Å². The molecule has 0 aromatic heterocycles. The van der Waals surface area contributed by atoms with Crippen LogP contribution in [0.5, 0.6) is 0 Å². The van der Waals surface area contributed by atoms with Gasteiger partial charge in [0.2, 0.25) is 0 Å². The Morgan fingerprint density at radius 1 is 1.38 bits per heavy atom. The highest BCUT2D eigenvalue weighted by atomic mass is 16.6. The van der Waals surface area contributed by atoms with Crippen molar-refractivity contribution in [2.45, 2.75) is 19.1 Å². The molecule has 1 atom stereocenters. The fraction of sp³-hybridized carbons (Fsp3) is 0.455. The highest BCUT2D eigenvalue weighted by molar-refractivity contribution is 5.14. The summed E-state index contributed by atoms with van der Waals surface area (Å²) in [6, 6.07) is 10.5. The number of hydrogen-bond donors (Lipinski definition) is 1. The first-order valence-corrected chi connectivity index (χ1v) is 4.71. The molecule has 1 fully saturated rings. The van der Waals surface area contributed by atoms with E-state index in [9.17, 15) is 0 Å². The summed E-state index contributed by atoms with van der Waals surface area (Å²) in [7, 11) is 0. The molecule has 0 aliphatic carbocycles. The Balaban J connectivity index is 1.74. The van der Waals surface area contributed by atoms with Crippen molar-refractivity contribution in [2.75, 3.05) is 13.2 Å². The minimum Gasteiger partial charge on any atom is -0.354 e. The molecule has 0 bridgehead atoms. The van der Waals surface area contributed by atoms with E-state index < -0.39 is 0 Å². The molecule has 13 heavy (non-hydrogen) atoms. The predicted octanol–water partition coefficient (Wildman–Crippen LogP) is 1.57. The molecule has 0 amide bonds. The number of ether oxygens (including phenoxy) is 1. The van der Waals surface area contributed by atoms with Crippen molar-refractivity contribution in [1.29, 1.82) is 0 Å². The van der Waals surface area contributed by atoms with E-state index in [-0.39, 0.29) is 5.72 Å². The monoisotopic (exact) mass is 177 g/mol. The van der Waals surface area contributed by atoms with Crippen LogP contribution < -0.4 is 5.32 Å². The smallest absolute Gasteiger partial charge is 0.140 e. The van der Waals surface area contributed by atoms with Crippen molar-refractivity contribution < 1.29 is 4.74 Å². The molecule has 2 nitrogen and oxygen atoms in total. The molecule has 0 spiro atoms. The van der Waals surface area contributed by atoms with Gasteiger partial charge in [0.1, 0.15) is 5.72 Å². The van der Waals surface area contributed by atoms with Gasteiger partial charge in [0, 0.05) is 6.54 Å². The number of benzene rings is 1. The van der Waals surface area contributed by atoms with Crippen molar-refractivity contribution in [3.8, 4) is 0 Å². The first-order chi connectivity index (χ1) is 6.29. The summed E-state index contributed by atoms with van der Waals surface area (Å²) >= 11 is 0. The first-order valence-electron chi connectivity index (χ1n) is 4.71. The number of epoxide rings is 1. The lowest BCUT2D eigenvalue weighted by atomic mass is 10.1. The molecule has 2 rings (SSSR count). The average Bonchev–Trinajstić information content (AvgIpc) is 2.86. The van der Waals surface area contributed by atoms with Crippen LogP contribution in [0.2, 0.25) is 0 Å². The Labute approximate surface area is 78.9 Å². The Morgan fingerprint density at radius 2 is 2.08 bits per heavy atom. The molecule has 1 aliphatic heterocycles. The Bertz CT molecular complexity index is 267. The average molecular weight is 177 g/mol. The van der Waals surface area contributed by atoms with Crippen LogP contribution in [0.15, 0.2) is 30.3 Å². The number of hydrogen-bond acceptors (Lipinski definition) is 2. The third kappa shape index (κ3) is 2.54. The molecule has 1 aromatic carbocycles. The van der Waals surface area contributed by atoms with Gasteiger partial charge >= 0.3 is 0 Å². The normalized spacial score (nSPS) is 25.9. The van der Waals surface area contributed by atoms with Crippen LogP contribution >= 0.6 is 0 Å². The van der Waals surface area contributed by atoms with E-state index in [2.05, 4.69) is 36.5 Å². The zero-order valence-electron chi connectivity index (χ0n) is 7.92. The maximum Gasteiger partial charge on any atom is 0.140 e. The van der Waals surface area contributed by atoms with Gasteiger partial charge in [-0.05, 0) is 18.9 Å². The van der Waals surface area contributed by atoms with E-state index in [1.807, 2.05) is 6.07 Å². The summed E-state index contributed by atoms with van der Waals surface area (Å²) in [6.07, 6.45) is 1.07. The summed E-state index contributed by atoms with van der Waals surface area (Å²) in [5.74, 6) is 0. The zero-order chi connectivity index (χ0) is 9.15. The van der Waals surface area contributed by atoms with Gasteiger partial charge in [0.15, 0.2) is 0 Å². The first kappa shape index (κ1) is 8.73. The Kier molecular flexibility index (Phi) is 2.34. The number of rotatable bonds is 4. The standard InChI is InChI=1S/C11H15NO/c1-11(9-13-11)12-8-7-10-5-3-2-4-6-10/h2-6,12H,7-9H2,1H3. The molecule has 0 saturated carbocycles. The zero-order valence-corrected chi connectivity index (χ0v) is 7.92. The van der Waals surface area contributed by atoms with Gasteiger partial charge in [-0.25, -0.2) is 0 Å². The molecule has 1 aromatic rings. The van der Waals surface area contributed by atoms with Crippen LogP contribution in [0.1, 0.15) is 12.5 Å². The quantitative estimate of drug-likeness (QED) is 0.706. The van der Waals surface area contributed by atoms with Crippen molar-refractivity contribution >= 4 is 0 Å². The third-order valence-corrected chi connectivity index (χ3v) is 2.33. The molecular weight excluding hydrogens is 162 g/mol. The Morgan fingerprint density at radius 3 is 2.69 bits per heavy atom. The van der Waals surface area contributed by atoms with Crippen molar-refractivity contribution in [2.24, 2.45) is 0 Å². The van der Waals surface area contributed by atoms with E-state index in [4.69, 9.17) is 4.74 Å². The SMILES string of the molecule is CC1(NCCc2ccccc2)CO1. The summed E-state index contributed by atoms with van der Waals surface area (Å²) in [5, 5.41) is 3.36. The van der Waals surface area contributed by atoms with E-state index in [0.29, 0.717) is 0 Å². The third-order valence-electron chi connectivity index (χ3n) is 2.33. The van der Waals surface area contributed by atoms with Gasteiger partial charge < -0.3 is 4.74 Å².